The fraction of sp³-hybridized carbons (Fsp3) is 0.306. The van der Waals surface area contributed by atoms with E-state index in [2.05, 4.69) is 31.0 Å². The SMILES string of the molecule is CSc1ccc(C(=O)Nc2ccc([C@H]3CNCCO3)cc2)cc1.O=C(Nc1ccc([C@@H]2CNCCO2)cc1)c1ccc(OCC(F)(F)F)nc1. The number of rotatable bonds is 9. The molecule has 1 aromatic heterocycles. The summed E-state index contributed by atoms with van der Waals surface area (Å²) in [5.74, 6) is -0.719. The molecule has 0 aliphatic carbocycles. The van der Waals surface area contributed by atoms with Gasteiger partial charge in [0.2, 0.25) is 5.88 Å². The molecule has 2 aliphatic heterocycles. The van der Waals surface area contributed by atoms with Gasteiger partial charge in [-0.3, -0.25) is 9.59 Å². The van der Waals surface area contributed by atoms with Gasteiger partial charge in [0, 0.05) is 60.3 Å². The zero-order valence-electron chi connectivity index (χ0n) is 27.3. The van der Waals surface area contributed by atoms with Crippen molar-refractivity contribution in [2.45, 2.75) is 23.3 Å². The quantitative estimate of drug-likeness (QED) is 0.149. The lowest BCUT2D eigenvalue weighted by Crippen LogP contribution is -2.33. The number of alkyl halides is 3. The van der Waals surface area contributed by atoms with E-state index in [0.29, 0.717) is 17.9 Å². The molecule has 3 heterocycles. The van der Waals surface area contributed by atoms with Gasteiger partial charge >= 0.3 is 6.18 Å². The Balaban J connectivity index is 0.000000197. The molecule has 0 saturated carbocycles. The number of pyridine rings is 1. The molecular formula is C36H38F3N5O5S. The minimum Gasteiger partial charge on any atom is -0.468 e. The molecule has 14 heteroatoms. The van der Waals surface area contributed by atoms with Crippen LogP contribution in [-0.2, 0) is 9.47 Å². The molecular weight excluding hydrogens is 671 g/mol. The van der Waals surface area contributed by atoms with E-state index >= 15 is 0 Å². The molecule has 4 aromatic rings. The number of nitrogens with one attached hydrogen (secondary N) is 4. The van der Waals surface area contributed by atoms with Crippen LogP contribution in [0.1, 0.15) is 44.1 Å². The van der Waals surface area contributed by atoms with Crippen LogP contribution < -0.4 is 26.0 Å². The Labute approximate surface area is 292 Å². The second-order valence-electron chi connectivity index (χ2n) is 11.3. The molecule has 2 atom stereocenters. The third kappa shape index (κ3) is 11.3. The number of amides is 2. The Kier molecular flexibility index (Phi) is 13.2. The van der Waals surface area contributed by atoms with Crippen molar-refractivity contribution in [3.8, 4) is 5.88 Å². The lowest BCUT2D eigenvalue weighted by molar-refractivity contribution is -0.154. The van der Waals surface area contributed by atoms with E-state index in [1.54, 1.807) is 23.9 Å². The first-order chi connectivity index (χ1) is 24.2. The number of hydrogen-bond donors (Lipinski definition) is 4. The van der Waals surface area contributed by atoms with Crippen molar-refractivity contribution in [1.82, 2.24) is 15.6 Å². The number of halogens is 3. The van der Waals surface area contributed by atoms with E-state index in [1.165, 1.54) is 12.1 Å². The van der Waals surface area contributed by atoms with E-state index in [4.69, 9.17) is 9.47 Å². The number of benzene rings is 3. The van der Waals surface area contributed by atoms with Crippen LogP contribution in [0.4, 0.5) is 24.5 Å². The van der Waals surface area contributed by atoms with E-state index in [9.17, 15) is 22.8 Å². The highest BCUT2D eigenvalue weighted by atomic mass is 32.2. The summed E-state index contributed by atoms with van der Waals surface area (Å²) in [6.45, 7) is 3.25. The van der Waals surface area contributed by atoms with Gasteiger partial charge in [0.15, 0.2) is 6.61 Å². The average molecular weight is 710 g/mol. The first-order valence-electron chi connectivity index (χ1n) is 15.9. The second kappa shape index (κ2) is 18.0. The first kappa shape index (κ1) is 36.8. The monoisotopic (exact) mass is 709 g/mol. The molecule has 0 bridgehead atoms. The van der Waals surface area contributed by atoms with Crippen molar-refractivity contribution in [1.29, 1.82) is 0 Å². The Bertz CT molecular complexity index is 1660. The first-order valence-corrected chi connectivity index (χ1v) is 17.2. The molecule has 0 radical (unpaired) electrons. The maximum Gasteiger partial charge on any atom is 0.422 e. The molecule has 4 N–H and O–H groups in total. The van der Waals surface area contributed by atoms with E-state index in [1.807, 2.05) is 66.9 Å². The standard InChI is InChI=1S/C18H18F3N3O3.C18H20N2O2S/c19-18(20,21)11-27-16-6-3-13(9-23-16)17(25)24-14-4-1-12(2-5-14)15-10-22-7-8-26-15;1-23-16-8-4-14(5-9-16)18(21)20-15-6-2-13(3-7-15)17-12-19-10-11-22-17/h1-6,9,15,22H,7-8,10-11H2,(H,24,25);2-9,17,19H,10-12H2,1H3,(H,20,21)/t15-;17-/m01/s1. The summed E-state index contributed by atoms with van der Waals surface area (Å²) >= 11 is 1.66. The third-order valence-corrected chi connectivity index (χ3v) is 8.41. The predicted molar refractivity (Wildman–Crippen MR) is 186 cm³/mol. The predicted octanol–water partition coefficient (Wildman–Crippen LogP) is 6.26. The number of thioether (sulfide) groups is 1. The van der Waals surface area contributed by atoms with E-state index < -0.39 is 18.7 Å². The minimum absolute atomic E-state index is 0.0167. The van der Waals surface area contributed by atoms with Crippen LogP contribution in [0.5, 0.6) is 5.88 Å². The molecule has 2 aliphatic rings. The number of carbonyl (C=O) groups excluding carboxylic acids is 2. The van der Waals surface area contributed by atoms with Crippen molar-refractivity contribution in [3.05, 3.63) is 113 Å². The van der Waals surface area contributed by atoms with Gasteiger partial charge in [-0.15, -0.1) is 11.8 Å². The van der Waals surface area contributed by atoms with E-state index in [-0.39, 0.29) is 29.6 Å². The van der Waals surface area contributed by atoms with Gasteiger partial charge in [0.1, 0.15) is 0 Å². The van der Waals surface area contributed by atoms with Crippen LogP contribution >= 0.6 is 11.8 Å². The normalized spacial score (nSPS) is 17.5. The molecule has 2 fully saturated rings. The number of hydrogen-bond acceptors (Lipinski definition) is 9. The molecule has 0 unspecified atom stereocenters. The minimum atomic E-state index is -4.44. The molecule has 10 nitrogen and oxygen atoms in total. The number of carbonyl (C=O) groups is 2. The smallest absolute Gasteiger partial charge is 0.422 e. The van der Waals surface area contributed by atoms with Gasteiger partial charge in [-0.25, -0.2) is 4.98 Å². The lowest BCUT2D eigenvalue weighted by Gasteiger charge is -2.24. The Hall–Kier alpha value is -4.47. The Morgan fingerprint density at radius 3 is 1.70 bits per heavy atom. The van der Waals surface area contributed by atoms with Gasteiger partial charge in [-0.2, -0.15) is 13.2 Å². The highest BCUT2D eigenvalue weighted by Gasteiger charge is 2.28. The molecule has 2 saturated heterocycles. The van der Waals surface area contributed by atoms with Crippen LogP contribution in [0.2, 0.25) is 0 Å². The van der Waals surface area contributed by atoms with E-state index in [0.717, 1.165) is 60.7 Å². The summed E-state index contributed by atoms with van der Waals surface area (Å²) in [7, 11) is 0. The highest BCUT2D eigenvalue weighted by Crippen LogP contribution is 2.23. The zero-order chi connectivity index (χ0) is 35.3. The van der Waals surface area contributed by atoms with Crippen molar-refractivity contribution in [2.75, 3.05) is 62.9 Å². The average Bonchev–Trinajstić information content (AvgIpc) is 3.15. The van der Waals surface area contributed by atoms with Crippen LogP contribution in [0, 0.1) is 0 Å². The molecule has 50 heavy (non-hydrogen) atoms. The fourth-order valence-electron chi connectivity index (χ4n) is 5.03. The lowest BCUT2D eigenvalue weighted by atomic mass is 10.1. The molecule has 0 spiro atoms. The van der Waals surface area contributed by atoms with Crippen molar-refractivity contribution in [3.63, 3.8) is 0 Å². The molecule has 3 aromatic carbocycles. The number of morpholine rings is 2. The summed E-state index contributed by atoms with van der Waals surface area (Å²) in [5, 5.41) is 12.2. The summed E-state index contributed by atoms with van der Waals surface area (Å²) < 4.78 is 52.2. The second-order valence-corrected chi connectivity index (χ2v) is 12.2. The van der Waals surface area contributed by atoms with Crippen molar-refractivity contribution < 1.29 is 37.0 Å². The summed E-state index contributed by atoms with van der Waals surface area (Å²) in [6.07, 6.45) is -1.19. The summed E-state index contributed by atoms with van der Waals surface area (Å²) in [5.41, 5.74) is 4.37. The van der Waals surface area contributed by atoms with Gasteiger partial charge in [-0.1, -0.05) is 24.3 Å². The van der Waals surface area contributed by atoms with Crippen LogP contribution in [0.3, 0.4) is 0 Å². The van der Waals surface area contributed by atoms with Gasteiger partial charge in [0.25, 0.3) is 11.8 Å². The topological polar surface area (TPSA) is 123 Å². The Morgan fingerprint density at radius 2 is 1.28 bits per heavy atom. The molecule has 6 rings (SSSR count). The van der Waals surface area contributed by atoms with Gasteiger partial charge in [-0.05, 0) is 72.0 Å². The number of ether oxygens (including phenoxy) is 3. The van der Waals surface area contributed by atoms with Crippen LogP contribution in [-0.4, -0.2) is 75.2 Å². The van der Waals surface area contributed by atoms with Crippen LogP contribution in [0.25, 0.3) is 0 Å². The molecule has 2 amide bonds. The Morgan fingerprint density at radius 1 is 0.780 bits per heavy atom. The van der Waals surface area contributed by atoms with Crippen LogP contribution in [0.15, 0.2) is 96.0 Å². The maximum absolute atomic E-state index is 12.2. The number of aromatic nitrogens is 1. The van der Waals surface area contributed by atoms with Crippen molar-refractivity contribution >= 4 is 35.0 Å². The van der Waals surface area contributed by atoms with Crippen molar-refractivity contribution in [2.24, 2.45) is 0 Å². The van der Waals surface area contributed by atoms with Gasteiger partial charge < -0.3 is 35.5 Å². The summed E-state index contributed by atoms with van der Waals surface area (Å²) in [6, 6.07) is 25.3. The highest BCUT2D eigenvalue weighted by molar-refractivity contribution is 7.98. The van der Waals surface area contributed by atoms with Gasteiger partial charge in [0.05, 0.1) is 31.0 Å². The third-order valence-electron chi connectivity index (χ3n) is 7.67. The summed E-state index contributed by atoms with van der Waals surface area (Å²) in [4.78, 5) is 29.3. The number of anilines is 2. The number of nitrogens with zero attached hydrogens (tertiary/aromatic N) is 1. The molecule has 264 valence electrons. The zero-order valence-corrected chi connectivity index (χ0v) is 28.1. The largest absolute Gasteiger partial charge is 0.468 e. The maximum atomic E-state index is 12.2. The fourth-order valence-corrected chi connectivity index (χ4v) is 5.43.